The fourth-order valence-corrected chi connectivity index (χ4v) is 3.71. The Labute approximate surface area is 124 Å². The molecule has 1 rings (SSSR count). The third-order valence-corrected chi connectivity index (χ3v) is 5.78. The van der Waals surface area contributed by atoms with E-state index in [2.05, 4.69) is 18.7 Å². The predicted molar refractivity (Wildman–Crippen MR) is 84.2 cm³/mol. The van der Waals surface area contributed by atoms with E-state index in [-0.39, 0.29) is 5.54 Å². The van der Waals surface area contributed by atoms with Gasteiger partial charge in [-0.3, -0.25) is 4.90 Å². The van der Waals surface area contributed by atoms with Crippen molar-refractivity contribution in [1.82, 2.24) is 9.21 Å². The molecule has 6 heteroatoms. The highest BCUT2D eigenvalue weighted by atomic mass is 32.2. The minimum absolute atomic E-state index is 0.0112. The average Bonchev–Trinajstić information content (AvgIpc) is 2.42. The normalized spacial score (nSPS) is 21.8. The topological polar surface area (TPSA) is 66.6 Å². The first-order chi connectivity index (χ1) is 9.33. The zero-order valence-corrected chi connectivity index (χ0v) is 14.1. The predicted octanol–water partition coefficient (Wildman–Crippen LogP) is 1.25. The van der Waals surface area contributed by atoms with Crippen LogP contribution in [0.1, 0.15) is 46.0 Å². The smallest absolute Gasteiger partial charge is 0.211 e. The zero-order valence-electron chi connectivity index (χ0n) is 13.3. The molecular weight excluding hydrogens is 274 g/mol. The minimum Gasteiger partial charge on any atom is -0.329 e. The molecule has 20 heavy (non-hydrogen) atoms. The van der Waals surface area contributed by atoms with Crippen LogP contribution in [0.4, 0.5) is 0 Å². The lowest BCUT2D eigenvalue weighted by atomic mass is 9.91. The monoisotopic (exact) mass is 305 g/mol. The van der Waals surface area contributed by atoms with Crippen molar-refractivity contribution in [3.8, 4) is 0 Å². The van der Waals surface area contributed by atoms with Crippen LogP contribution in [0.3, 0.4) is 0 Å². The van der Waals surface area contributed by atoms with Crippen LogP contribution in [0.2, 0.25) is 0 Å². The fourth-order valence-electron chi connectivity index (χ4n) is 2.88. The molecule has 2 N–H and O–H groups in total. The lowest BCUT2D eigenvalue weighted by molar-refractivity contribution is 0.0635. The molecule has 1 atom stereocenters. The Morgan fingerprint density at radius 1 is 1.10 bits per heavy atom. The molecule has 1 heterocycles. The van der Waals surface area contributed by atoms with Gasteiger partial charge in [0.15, 0.2) is 0 Å². The van der Waals surface area contributed by atoms with Crippen molar-refractivity contribution >= 4 is 10.0 Å². The molecule has 1 saturated heterocycles. The minimum atomic E-state index is -3.05. The number of nitrogens with zero attached hydrogens (tertiary/aromatic N) is 2. The van der Waals surface area contributed by atoms with Crippen LogP contribution in [0.15, 0.2) is 0 Å². The quantitative estimate of drug-likeness (QED) is 0.685. The van der Waals surface area contributed by atoms with Crippen molar-refractivity contribution in [2.45, 2.75) is 51.5 Å². The highest BCUT2D eigenvalue weighted by Crippen LogP contribution is 2.24. The maximum Gasteiger partial charge on any atom is 0.211 e. The fraction of sp³-hybridized carbons (Fsp3) is 1.00. The van der Waals surface area contributed by atoms with Crippen molar-refractivity contribution in [3.63, 3.8) is 0 Å². The molecule has 120 valence electrons. The van der Waals surface area contributed by atoms with Gasteiger partial charge in [0, 0.05) is 38.3 Å². The third-order valence-electron chi connectivity index (χ3n) is 4.48. The summed E-state index contributed by atoms with van der Waals surface area (Å²) in [6.45, 7) is 7.81. The van der Waals surface area contributed by atoms with Gasteiger partial charge in [0.2, 0.25) is 10.0 Å². The second-order valence-electron chi connectivity index (χ2n) is 6.16. The SMILES string of the molecule is CCCCCCC(C)(CN)N1CCN(S(C)(=O)=O)CC1. The standard InChI is InChI=1S/C14H31N3O2S/c1-4-5-6-7-8-14(2,13-15)16-9-11-17(12-10-16)20(3,18)19/h4-13,15H2,1-3H3. The summed E-state index contributed by atoms with van der Waals surface area (Å²) in [5, 5.41) is 0. The van der Waals surface area contributed by atoms with Gasteiger partial charge in [-0.2, -0.15) is 4.31 Å². The summed E-state index contributed by atoms with van der Waals surface area (Å²) in [4.78, 5) is 2.38. The Hall–Kier alpha value is -0.170. The summed E-state index contributed by atoms with van der Waals surface area (Å²) in [5.74, 6) is 0. The number of hydrogen-bond donors (Lipinski definition) is 1. The molecule has 0 aromatic heterocycles. The van der Waals surface area contributed by atoms with Crippen LogP contribution < -0.4 is 5.73 Å². The van der Waals surface area contributed by atoms with Crippen molar-refractivity contribution < 1.29 is 8.42 Å². The number of hydrogen-bond acceptors (Lipinski definition) is 4. The van der Waals surface area contributed by atoms with Gasteiger partial charge in [0.25, 0.3) is 0 Å². The number of sulfonamides is 1. The largest absolute Gasteiger partial charge is 0.329 e. The first-order valence-electron chi connectivity index (χ1n) is 7.74. The number of piperazine rings is 1. The van der Waals surface area contributed by atoms with E-state index in [0.717, 1.165) is 19.5 Å². The number of unbranched alkanes of at least 4 members (excludes halogenated alkanes) is 3. The van der Waals surface area contributed by atoms with Crippen molar-refractivity contribution in [3.05, 3.63) is 0 Å². The van der Waals surface area contributed by atoms with E-state index >= 15 is 0 Å². The van der Waals surface area contributed by atoms with Crippen LogP contribution in [0, 0.1) is 0 Å². The van der Waals surface area contributed by atoms with Crippen LogP contribution in [-0.2, 0) is 10.0 Å². The second-order valence-corrected chi connectivity index (χ2v) is 8.14. The molecule has 0 aromatic rings. The second kappa shape index (κ2) is 7.73. The van der Waals surface area contributed by atoms with E-state index in [0.29, 0.717) is 19.6 Å². The van der Waals surface area contributed by atoms with E-state index in [9.17, 15) is 8.42 Å². The lowest BCUT2D eigenvalue weighted by Crippen LogP contribution is -2.59. The Morgan fingerprint density at radius 2 is 1.70 bits per heavy atom. The molecule has 0 spiro atoms. The van der Waals surface area contributed by atoms with E-state index in [1.807, 2.05) is 0 Å². The first kappa shape index (κ1) is 17.9. The van der Waals surface area contributed by atoms with Crippen molar-refractivity contribution in [2.24, 2.45) is 5.73 Å². The third kappa shape index (κ3) is 4.98. The van der Waals surface area contributed by atoms with Crippen LogP contribution >= 0.6 is 0 Å². The van der Waals surface area contributed by atoms with Crippen LogP contribution in [0.25, 0.3) is 0 Å². The molecule has 0 aliphatic carbocycles. The molecule has 0 saturated carbocycles. The summed E-state index contributed by atoms with van der Waals surface area (Å²) < 4.78 is 24.6. The molecule has 0 aromatic carbocycles. The maximum absolute atomic E-state index is 11.5. The molecule has 1 fully saturated rings. The molecule has 5 nitrogen and oxygen atoms in total. The van der Waals surface area contributed by atoms with Gasteiger partial charge in [0.1, 0.15) is 0 Å². The molecule has 0 radical (unpaired) electrons. The van der Waals surface area contributed by atoms with Gasteiger partial charge >= 0.3 is 0 Å². The Morgan fingerprint density at radius 3 is 2.15 bits per heavy atom. The highest BCUT2D eigenvalue weighted by Gasteiger charge is 2.34. The van der Waals surface area contributed by atoms with Gasteiger partial charge in [-0.25, -0.2) is 8.42 Å². The first-order valence-corrected chi connectivity index (χ1v) is 9.58. The number of nitrogens with two attached hydrogens (primary N) is 1. The van der Waals surface area contributed by atoms with Gasteiger partial charge in [-0.15, -0.1) is 0 Å². The molecule has 0 amide bonds. The molecule has 1 aliphatic heterocycles. The molecule has 1 unspecified atom stereocenters. The van der Waals surface area contributed by atoms with Crippen molar-refractivity contribution in [1.29, 1.82) is 0 Å². The van der Waals surface area contributed by atoms with E-state index in [1.54, 1.807) is 4.31 Å². The van der Waals surface area contributed by atoms with Gasteiger partial charge in [0.05, 0.1) is 6.26 Å². The van der Waals surface area contributed by atoms with Gasteiger partial charge in [-0.1, -0.05) is 32.6 Å². The van der Waals surface area contributed by atoms with Crippen LogP contribution in [-0.4, -0.2) is 62.1 Å². The Balaban J connectivity index is 2.50. The van der Waals surface area contributed by atoms with Crippen LogP contribution in [0.5, 0.6) is 0 Å². The maximum atomic E-state index is 11.5. The lowest BCUT2D eigenvalue weighted by Gasteiger charge is -2.45. The molecule has 0 bridgehead atoms. The summed E-state index contributed by atoms with van der Waals surface area (Å²) in [6.07, 6.45) is 7.37. The summed E-state index contributed by atoms with van der Waals surface area (Å²) in [6, 6.07) is 0. The summed E-state index contributed by atoms with van der Waals surface area (Å²) >= 11 is 0. The molecular formula is C14H31N3O2S. The highest BCUT2D eigenvalue weighted by molar-refractivity contribution is 7.88. The van der Waals surface area contributed by atoms with Crippen molar-refractivity contribution in [2.75, 3.05) is 39.0 Å². The van der Waals surface area contributed by atoms with E-state index < -0.39 is 10.0 Å². The van der Waals surface area contributed by atoms with E-state index in [1.165, 1.54) is 31.9 Å². The van der Waals surface area contributed by atoms with E-state index in [4.69, 9.17) is 5.73 Å². The number of rotatable bonds is 8. The molecule has 1 aliphatic rings. The van der Waals surface area contributed by atoms with Gasteiger partial charge < -0.3 is 5.73 Å². The Kier molecular flexibility index (Phi) is 6.91. The van der Waals surface area contributed by atoms with Gasteiger partial charge in [-0.05, 0) is 13.3 Å². The zero-order chi connectivity index (χ0) is 15.2. The Bertz CT molecular complexity index is 378. The summed E-state index contributed by atoms with van der Waals surface area (Å²) in [7, 11) is -3.05. The summed E-state index contributed by atoms with van der Waals surface area (Å²) in [5.41, 5.74) is 6.01. The average molecular weight is 305 g/mol.